The third kappa shape index (κ3) is 5.45. The van der Waals surface area contributed by atoms with Crippen LogP contribution in [0, 0.1) is 16.7 Å². The number of alkyl halides is 3. The summed E-state index contributed by atoms with van der Waals surface area (Å²) in [5.41, 5.74) is 9.55. The standard InChI is InChI=1S/C18H21F3N6O2/c19-18(20,21)13-9-11(15(28)26-17(24)25)1-2-12(13)10-4-7-27(8-5-10)16(29)14(23)3-6-22/h1-2,9-10,14H,3-5,7-8,23H2,(H4,24,25,26,28). The third-order valence-electron chi connectivity index (χ3n) is 4.74. The summed E-state index contributed by atoms with van der Waals surface area (Å²) in [4.78, 5) is 25.5. The van der Waals surface area contributed by atoms with Gasteiger partial charge in [0.2, 0.25) is 5.91 Å². The first-order valence-corrected chi connectivity index (χ1v) is 8.82. The van der Waals surface area contributed by atoms with Gasteiger partial charge in [-0.25, -0.2) is 0 Å². The van der Waals surface area contributed by atoms with Crippen molar-refractivity contribution in [1.82, 2.24) is 10.2 Å². The Balaban J connectivity index is 2.20. The molecule has 6 N–H and O–H groups in total. The molecule has 1 saturated heterocycles. The van der Waals surface area contributed by atoms with Gasteiger partial charge in [0.1, 0.15) is 0 Å². The molecule has 11 heteroatoms. The van der Waals surface area contributed by atoms with E-state index in [4.69, 9.17) is 22.1 Å². The number of nitrogens with two attached hydrogens (primary N) is 2. The number of halogens is 3. The fourth-order valence-corrected chi connectivity index (χ4v) is 3.32. The van der Waals surface area contributed by atoms with Crippen molar-refractivity contribution < 1.29 is 22.8 Å². The number of nitrogens with one attached hydrogen (secondary N) is 2. The van der Waals surface area contributed by atoms with Crippen molar-refractivity contribution in [2.45, 2.75) is 37.4 Å². The molecule has 0 aliphatic carbocycles. The Morgan fingerprint density at radius 3 is 2.48 bits per heavy atom. The number of amides is 2. The van der Waals surface area contributed by atoms with Gasteiger partial charge in [0.15, 0.2) is 5.96 Å². The molecule has 8 nitrogen and oxygen atoms in total. The maximum Gasteiger partial charge on any atom is 0.416 e. The predicted molar refractivity (Wildman–Crippen MR) is 97.6 cm³/mol. The normalized spacial score (nSPS) is 16.0. The lowest BCUT2D eigenvalue weighted by molar-refractivity contribution is -0.139. The van der Waals surface area contributed by atoms with E-state index in [1.807, 2.05) is 11.4 Å². The Labute approximate surface area is 165 Å². The van der Waals surface area contributed by atoms with E-state index < -0.39 is 41.5 Å². The van der Waals surface area contributed by atoms with E-state index in [2.05, 4.69) is 0 Å². The van der Waals surface area contributed by atoms with Crippen LogP contribution in [-0.4, -0.2) is 41.8 Å². The van der Waals surface area contributed by atoms with Gasteiger partial charge in [0.25, 0.3) is 5.91 Å². The Kier molecular flexibility index (Phi) is 6.81. The van der Waals surface area contributed by atoms with Crippen LogP contribution in [0.5, 0.6) is 0 Å². The number of piperidine rings is 1. The largest absolute Gasteiger partial charge is 0.416 e. The molecule has 1 atom stereocenters. The Morgan fingerprint density at radius 2 is 1.97 bits per heavy atom. The lowest BCUT2D eigenvalue weighted by Crippen LogP contribution is -2.46. The number of carbonyl (C=O) groups excluding carboxylic acids is 2. The fraction of sp³-hybridized carbons (Fsp3) is 0.444. The summed E-state index contributed by atoms with van der Waals surface area (Å²) in [7, 11) is 0. The van der Waals surface area contributed by atoms with E-state index >= 15 is 0 Å². The van der Waals surface area contributed by atoms with Crippen LogP contribution in [0.4, 0.5) is 13.2 Å². The van der Waals surface area contributed by atoms with Crippen LogP contribution in [0.2, 0.25) is 0 Å². The monoisotopic (exact) mass is 410 g/mol. The quantitative estimate of drug-likeness (QED) is 0.436. The molecule has 0 spiro atoms. The highest BCUT2D eigenvalue weighted by atomic mass is 19.4. The molecule has 1 aromatic carbocycles. The molecule has 1 heterocycles. The zero-order valence-electron chi connectivity index (χ0n) is 15.4. The summed E-state index contributed by atoms with van der Waals surface area (Å²) in [6.45, 7) is 0.457. The average molecular weight is 410 g/mol. The highest BCUT2D eigenvalue weighted by Gasteiger charge is 2.37. The summed E-state index contributed by atoms with van der Waals surface area (Å²) in [5.74, 6) is -2.41. The highest BCUT2D eigenvalue weighted by Crippen LogP contribution is 2.39. The number of rotatable bonds is 4. The number of nitriles is 1. The van der Waals surface area contributed by atoms with Crippen LogP contribution in [-0.2, 0) is 11.0 Å². The molecule has 0 aromatic heterocycles. The van der Waals surface area contributed by atoms with E-state index in [1.54, 1.807) is 0 Å². The summed E-state index contributed by atoms with van der Waals surface area (Å²) in [5, 5.41) is 17.6. The van der Waals surface area contributed by atoms with Crippen LogP contribution in [0.25, 0.3) is 0 Å². The zero-order valence-corrected chi connectivity index (χ0v) is 15.4. The molecule has 29 heavy (non-hydrogen) atoms. The van der Waals surface area contributed by atoms with E-state index in [-0.39, 0.29) is 30.6 Å². The van der Waals surface area contributed by atoms with Crippen molar-refractivity contribution in [1.29, 1.82) is 10.7 Å². The van der Waals surface area contributed by atoms with Crippen molar-refractivity contribution in [3.8, 4) is 6.07 Å². The molecule has 156 valence electrons. The Bertz CT molecular complexity index is 841. The average Bonchev–Trinajstić information content (AvgIpc) is 2.66. The number of benzene rings is 1. The van der Waals surface area contributed by atoms with Gasteiger partial charge in [-0.3, -0.25) is 20.3 Å². The predicted octanol–water partition coefficient (Wildman–Crippen LogP) is 1.28. The molecular weight excluding hydrogens is 389 g/mol. The van der Waals surface area contributed by atoms with Gasteiger partial charge in [0.05, 0.1) is 24.1 Å². The molecule has 1 aliphatic heterocycles. The van der Waals surface area contributed by atoms with Gasteiger partial charge in [-0.2, -0.15) is 18.4 Å². The van der Waals surface area contributed by atoms with Crippen LogP contribution in [0.3, 0.4) is 0 Å². The molecule has 0 saturated carbocycles. The maximum atomic E-state index is 13.6. The third-order valence-corrected chi connectivity index (χ3v) is 4.74. The van der Waals surface area contributed by atoms with Crippen molar-refractivity contribution in [2.75, 3.05) is 13.1 Å². The van der Waals surface area contributed by atoms with Crippen molar-refractivity contribution >= 4 is 17.8 Å². The fourth-order valence-electron chi connectivity index (χ4n) is 3.32. The first-order valence-electron chi connectivity index (χ1n) is 8.82. The first kappa shape index (κ1) is 22.2. The van der Waals surface area contributed by atoms with Crippen LogP contribution in [0.15, 0.2) is 18.2 Å². The summed E-state index contributed by atoms with van der Waals surface area (Å²) in [6, 6.07) is 4.13. The minimum atomic E-state index is -4.68. The van der Waals surface area contributed by atoms with E-state index in [9.17, 15) is 22.8 Å². The van der Waals surface area contributed by atoms with Gasteiger partial charge in [-0.15, -0.1) is 0 Å². The van der Waals surface area contributed by atoms with Crippen LogP contribution >= 0.6 is 0 Å². The van der Waals surface area contributed by atoms with Crippen molar-refractivity contribution in [3.05, 3.63) is 34.9 Å². The molecule has 1 aliphatic rings. The molecule has 0 bridgehead atoms. The smallest absolute Gasteiger partial charge is 0.370 e. The zero-order chi connectivity index (χ0) is 21.8. The second kappa shape index (κ2) is 8.91. The summed E-state index contributed by atoms with van der Waals surface area (Å²) >= 11 is 0. The number of nitrogens with zero attached hydrogens (tertiary/aromatic N) is 2. The van der Waals surface area contributed by atoms with Crippen LogP contribution < -0.4 is 16.8 Å². The summed E-state index contributed by atoms with van der Waals surface area (Å²) < 4.78 is 40.8. The first-order chi connectivity index (χ1) is 13.5. The minimum Gasteiger partial charge on any atom is -0.370 e. The molecule has 2 rings (SSSR count). The number of carbonyl (C=O) groups is 2. The van der Waals surface area contributed by atoms with Gasteiger partial charge in [-0.05, 0) is 36.5 Å². The number of hydrogen-bond donors (Lipinski definition) is 4. The molecule has 1 unspecified atom stereocenters. The Hall–Kier alpha value is -3.13. The number of guanidine groups is 1. The van der Waals surface area contributed by atoms with E-state index in [0.717, 1.165) is 6.07 Å². The van der Waals surface area contributed by atoms with E-state index in [1.165, 1.54) is 17.0 Å². The van der Waals surface area contributed by atoms with Crippen LogP contribution in [0.1, 0.15) is 46.7 Å². The molecule has 2 amide bonds. The number of hydrogen-bond acceptors (Lipinski definition) is 5. The van der Waals surface area contributed by atoms with Gasteiger partial charge < -0.3 is 16.4 Å². The molecule has 1 fully saturated rings. The van der Waals surface area contributed by atoms with Gasteiger partial charge >= 0.3 is 6.18 Å². The SMILES string of the molecule is N#CCC(N)C(=O)N1CCC(c2ccc(C(=O)NC(=N)N)cc2C(F)(F)F)CC1. The second-order valence-corrected chi connectivity index (χ2v) is 6.74. The van der Waals surface area contributed by atoms with Gasteiger partial charge in [-0.1, -0.05) is 6.07 Å². The van der Waals surface area contributed by atoms with Crippen molar-refractivity contribution in [2.24, 2.45) is 11.5 Å². The lowest BCUT2D eigenvalue weighted by Gasteiger charge is -2.34. The van der Waals surface area contributed by atoms with Crippen molar-refractivity contribution in [3.63, 3.8) is 0 Å². The maximum absolute atomic E-state index is 13.6. The topological polar surface area (TPSA) is 149 Å². The lowest BCUT2D eigenvalue weighted by atomic mass is 9.85. The Morgan fingerprint density at radius 1 is 1.34 bits per heavy atom. The molecule has 0 radical (unpaired) electrons. The second-order valence-electron chi connectivity index (χ2n) is 6.74. The molecular formula is C18H21F3N6O2. The minimum absolute atomic E-state index is 0.0466. The number of likely N-dealkylation sites (tertiary alicyclic amines) is 1. The summed E-state index contributed by atoms with van der Waals surface area (Å²) in [6.07, 6.45) is -4.20. The van der Waals surface area contributed by atoms with E-state index in [0.29, 0.717) is 12.8 Å². The highest BCUT2D eigenvalue weighted by molar-refractivity contribution is 6.04. The van der Waals surface area contributed by atoms with Gasteiger partial charge in [0, 0.05) is 18.7 Å². The molecule has 1 aromatic rings.